The lowest BCUT2D eigenvalue weighted by molar-refractivity contribution is 0.439. The fraction of sp³-hybridized carbons (Fsp3) is 0. The van der Waals surface area contributed by atoms with Crippen molar-refractivity contribution < 1.29 is 8.91 Å². The van der Waals surface area contributed by atoms with E-state index in [1.54, 1.807) is 30.6 Å². The largest absolute Gasteiger partial charge is 0.367 e. The molecule has 0 radical (unpaired) electrons. The van der Waals surface area contributed by atoms with Crippen LogP contribution in [0.5, 0.6) is 0 Å². The average molecular weight is 290 g/mol. The summed E-state index contributed by atoms with van der Waals surface area (Å²) in [6.07, 6.45) is 3.28. The number of hydrogen-bond donors (Lipinski definition) is 1. The Morgan fingerprint density at radius 1 is 1.10 bits per heavy atom. The van der Waals surface area contributed by atoms with Gasteiger partial charge < -0.3 is 10.3 Å². The van der Waals surface area contributed by atoms with Gasteiger partial charge >= 0.3 is 0 Å². The molecule has 2 N–H and O–H groups in total. The van der Waals surface area contributed by atoms with Gasteiger partial charge in [-0.05, 0) is 35.9 Å². The zero-order valence-corrected chi connectivity index (χ0v) is 10.9. The highest BCUT2D eigenvalue weighted by Crippen LogP contribution is 2.36. The molecule has 100 valence electrons. The first-order valence-electron chi connectivity index (χ1n) is 5.78. The average Bonchev–Trinajstić information content (AvgIpc) is 2.85. The normalized spacial score (nSPS) is 10.7. The molecule has 0 aliphatic carbocycles. The predicted molar refractivity (Wildman–Crippen MR) is 74.6 cm³/mol. The third-order valence-electron chi connectivity index (χ3n) is 2.88. The third kappa shape index (κ3) is 2.12. The fourth-order valence-electron chi connectivity index (χ4n) is 1.94. The Labute approximate surface area is 119 Å². The van der Waals surface area contributed by atoms with Crippen molar-refractivity contribution in [1.29, 1.82) is 0 Å². The first kappa shape index (κ1) is 12.6. The number of nitrogen functional groups attached to an aromatic ring is 1. The van der Waals surface area contributed by atoms with Crippen LogP contribution in [0.2, 0.25) is 5.02 Å². The van der Waals surface area contributed by atoms with Gasteiger partial charge in [0, 0.05) is 18.0 Å². The van der Waals surface area contributed by atoms with Crippen molar-refractivity contribution in [1.82, 2.24) is 10.1 Å². The summed E-state index contributed by atoms with van der Waals surface area (Å²) in [6, 6.07) is 7.91. The molecule has 1 aromatic carbocycles. The van der Waals surface area contributed by atoms with Gasteiger partial charge in [0.1, 0.15) is 11.5 Å². The van der Waals surface area contributed by atoms with Crippen molar-refractivity contribution in [3.8, 4) is 22.4 Å². The van der Waals surface area contributed by atoms with Crippen LogP contribution in [0.4, 0.5) is 10.3 Å². The van der Waals surface area contributed by atoms with Crippen molar-refractivity contribution in [2.24, 2.45) is 0 Å². The molecule has 0 amide bonds. The van der Waals surface area contributed by atoms with E-state index < -0.39 is 5.82 Å². The smallest absolute Gasteiger partial charge is 0.230 e. The van der Waals surface area contributed by atoms with Crippen molar-refractivity contribution in [2.75, 3.05) is 5.73 Å². The van der Waals surface area contributed by atoms with E-state index in [0.29, 0.717) is 16.8 Å². The van der Waals surface area contributed by atoms with Gasteiger partial charge in [-0.15, -0.1) is 0 Å². The Bertz CT molecular complexity index is 758. The first-order chi connectivity index (χ1) is 9.66. The minimum atomic E-state index is -0.489. The zero-order valence-electron chi connectivity index (χ0n) is 10.2. The van der Waals surface area contributed by atoms with E-state index in [1.165, 1.54) is 12.1 Å². The summed E-state index contributed by atoms with van der Waals surface area (Å²) >= 11 is 5.79. The fourth-order valence-corrected chi connectivity index (χ4v) is 2.12. The maximum atomic E-state index is 13.2. The number of hydrogen-bond acceptors (Lipinski definition) is 4. The number of rotatable bonds is 2. The molecule has 0 atom stereocenters. The standard InChI is InChI=1S/C14H9ClFN3O/c15-10-7-9(1-2-11(10)16)13-12(14(17)20-19-13)8-3-5-18-6-4-8/h1-7H,17H2. The van der Waals surface area contributed by atoms with Crippen LogP contribution < -0.4 is 5.73 Å². The molecule has 0 aliphatic heterocycles. The molecule has 0 unspecified atom stereocenters. The van der Waals surface area contributed by atoms with E-state index in [0.717, 1.165) is 5.56 Å². The summed E-state index contributed by atoms with van der Waals surface area (Å²) < 4.78 is 18.3. The summed E-state index contributed by atoms with van der Waals surface area (Å²) in [5, 5.41) is 3.95. The Balaban J connectivity index is 2.18. The molecular formula is C14H9ClFN3O. The number of aromatic nitrogens is 2. The molecule has 2 heterocycles. The number of pyridine rings is 1. The molecule has 0 aliphatic rings. The van der Waals surface area contributed by atoms with Gasteiger partial charge in [-0.1, -0.05) is 16.8 Å². The minimum absolute atomic E-state index is 0.0183. The van der Waals surface area contributed by atoms with E-state index in [2.05, 4.69) is 10.1 Å². The molecule has 0 bridgehead atoms. The molecule has 0 spiro atoms. The Morgan fingerprint density at radius 2 is 1.85 bits per heavy atom. The monoisotopic (exact) mass is 289 g/mol. The summed E-state index contributed by atoms with van der Waals surface area (Å²) in [6.45, 7) is 0. The second-order valence-electron chi connectivity index (χ2n) is 4.14. The van der Waals surface area contributed by atoms with E-state index >= 15 is 0 Å². The molecule has 0 saturated heterocycles. The van der Waals surface area contributed by atoms with E-state index in [4.69, 9.17) is 21.9 Å². The topological polar surface area (TPSA) is 64.9 Å². The summed E-state index contributed by atoms with van der Waals surface area (Å²) in [5.74, 6) is -0.302. The molecule has 20 heavy (non-hydrogen) atoms. The van der Waals surface area contributed by atoms with Gasteiger partial charge in [0.25, 0.3) is 0 Å². The third-order valence-corrected chi connectivity index (χ3v) is 3.17. The number of anilines is 1. The predicted octanol–water partition coefficient (Wildman–Crippen LogP) is 3.78. The number of halogens is 2. The lowest BCUT2D eigenvalue weighted by atomic mass is 10.0. The molecule has 3 rings (SSSR count). The maximum absolute atomic E-state index is 13.2. The summed E-state index contributed by atoms with van der Waals surface area (Å²) in [7, 11) is 0. The highest BCUT2D eigenvalue weighted by atomic mass is 35.5. The van der Waals surface area contributed by atoms with Crippen LogP contribution in [0.25, 0.3) is 22.4 Å². The number of benzene rings is 1. The number of nitrogens with two attached hydrogens (primary N) is 1. The van der Waals surface area contributed by atoms with E-state index in [9.17, 15) is 4.39 Å². The minimum Gasteiger partial charge on any atom is -0.367 e. The van der Waals surface area contributed by atoms with Crippen molar-refractivity contribution >= 4 is 17.5 Å². The van der Waals surface area contributed by atoms with Crippen LogP contribution >= 0.6 is 11.6 Å². The van der Waals surface area contributed by atoms with Gasteiger partial charge in [-0.2, -0.15) is 0 Å². The lowest BCUT2D eigenvalue weighted by Gasteiger charge is -2.03. The molecule has 2 aromatic heterocycles. The molecule has 4 nitrogen and oxygen atoms in total. The Morgan fingerprint density at radius 3 is 2.55 bits per heavy atom. The Hall–Kier alpha value is -2.40. The molecular weight excluding hydrogens is 281 g/mol. The highest BCUT2D eigenvalue weighted by Gasteiger charge is 2.18. The molecule has 3 aromatic rings. The van der Waals surface area contributed by atoms with Crippen molar-refractivity contribution in [3.63, 3.8) is 0 Å². The van der Waals surface area contributed by atoms with Crippen LogP contribution in [0.3, 0.4) is 0 Å². The van der Waals surface area contributed by atoms with Gasteiger partial charge in [-0.3, -0.25) is 4.98 Å². The van der Waals surface area contributed by atoms with Gasteiger partial charge in [0.2, 0.25) is 5.88 Å². The first-order valence-corrected chi connectivity index (χ1v) is 6.15. The zero-order chi connectivity index (χ0) is 14.1. The number of nitrogens with zero attached hydrogens (tertiary/aromatic N) is 2. The molecule has 0 saturated carbocycles. The lowest BCUT2D eigenvalue weighted by Crippen LogP contribution is -1.88. The van der Waals surface area contributed by atoms with E-state index in [1.807, 2.05) is 0 Å². The van der Waals surface area contributed by atoms with Crippen LogP contribution in [-0.2, 0) is 0 Å². The van der Waals surface area contributed by atoms with Gasteiger partial charge in [0.15, 0.2) is 0 Å². The molecule has 0 fully saturated rings. The second-order valence-corrected chi connectivity index (χ2v) is 4.54. The second kappa shape index (κ2) is 4.94. The highest BCUT2D eigenvalue weighted by molar-refractivity contribution is 6.31. The molecule has 6 heteroatoms. The Kier molecular flexibility index (Phi) is 3.12. The van der Waals surface area contributed by atoms with Crippen molar-refractivity contribution in [2.45, 2.75) is 0 Å². The van der Waals surface area contributed by atoms with E-state index in [-0.39, 0.29) is 10.9 Å². The van der Waals surface area contributed by atoms with Crippen LogP contribution in [0, 0.1) is 5.82 Å². The quantitative estimate of drug-likeness (QED) is 0.780. The van der Waals surface area contributed by atoms with Crippen LogP contribution in [0.1, 0.15) is 0 Å². The van der Waals surface area contributed by atoms with Gasteiger partial charge in [-0.25, -0.2) is 4.39 Å². The maximum Gasteiger partial charge on any atom is 0.230 e. The summed E-state index contributed by atoms with van der Waals surface area (Å²) in [5.41, 5.74) is 8.41. The van der Waals surface area contributed by atoms with Crippen LogP contribution in [0.15, 0.2) is 47.2 Å². The van der Waals surface area contributed by atoms with Gasteiger partial charge in [0.05, 0.1) is 10.6 Å². The summed E-state index contributed by atoms with van der Waals surface area (Å²) in [4.78, 5) is 3.95. The SMILES string of the molecule is Nc1onc(-c2ccc(F)c(Cl)c2)c1-c1ccncc1. The van der Waals surface area contributed by atoms with Crippen molar-refractivity contribution in [3.05, 3.63) is 53.6 Å². The van der Waals surface area contributed by atoms with Crippen LogP contribution in [-0.4, -0.2) is 10.1 Å².